The van der Waals surface area contributed by atoms with Crippen molar-refractivity contribution in [3.63, 3.8) is 0 Å². The van der Waals surface area contributed by atoms with Gasteiger partial charge >= 0.3 is 0 Å². The number of terminal acetylenes is 1. The Hall–Kier alpha value is -3.00. The van der Waals surface area contributed by atoms with Gasteiger partial charge in [-0.3, -0.25) is 4.79 Å². The Morgan fingerprint density at radius 2 is 1.96 bits per heavy atom. The summed E-state index contributed by atoms with van der Waals surface area (Å²) >= 11 is 0. The zero-order valence-electron chi connectivity index (χ0n) is 15.5. The molecular weight excluding hydrogens is 338 g/mol. The predicted octanol–water partition coefficient (Wildman–Crippen LogP) is 3.06. The van der Waals surface area contributed by atoms with E-state index in [2.05, 4.69) is 21.1 Å². The van der Waals surface area contributed by atoms with Crippen molar-refractivity contribution in [1.82, 2.24) is 10.3 Å². The highest BCUT2D eigenvalue weighted by molar-refractivity contribution is 5.98. The molecule has 0 bridgehead atoms. The van der Waals surface area contributed by atoms with Gasteiger partial charge in [-0.2, -0.15) is 0 Å². The normalized spacial score (nSPS) is 13.7. The Bertz CT molecular complexity index is 790. The molecule has 0 atom stereocenters. The number of carbonyl (C=O) groups excluding carboxylic acids is 1. The van der Waals surface area contributed by atoms with Crippen LogP contribution in [0.1, 0.15) is 35.2 Å². The second-order valence-electron chi connectivity index (χ2n) is 6.56. The molecule has 1 aromatic carbocycles. The molecule has 1 aliphatic heterocycles. The maximum absolute atomic E-state index is 12.7. The van der Waals surface area contributed by atoms with Gasteiger partial charge in [0.25, 0.3) is 5.91 Å². The van der Waals surface area contributed by atoms with Crippen molar-refractivity contribution in [3.05, 3.63) is 53.7 Å². The molecule has 1 saturated heterocycles. The number of aromatic nitrogens is 1. The molecule has 140 valence electrons. The van der Waals surface area contributed by atoms with E-state index in [9.17, 15) is 4.79 Å². The van der Waals surface area contributed by atoms with Gasteiger partial charge in [0.2, 0.25) is 0 Å². The summed E-state index contributed by atoms with van der Waals surface area (Å²) in [7, 11) is 0. The van der Waals surface area contributed by atoms with Crippen molar-refractivity contribution in [2.45, 2.75) is 25.7 Å². The zero-order chi connectivity index (χ0) is 18.9. The molecule has 1 fully saturated rings. The molecular formula is C22H25N3O2. The van der Waals surface area contributed by atoms with E-state index in [1.54, 1.807) is 6.20 Å². The fourth-order valence-corrected chi connectivity index (χ4v) is 3.22. The Labute approximate surface area is 160 Å². The van der Waals surface area contributed by atoms with E-state index < -0.39 is 0 Å². The second-order valence-corrected chi connectivity index (χ2v) is 6.56. The molecule has 3 rings (SSSR count). The first kappa shape index (κ1) is 18.8. The van der Waals surface area contributed by atoms with Gasteiger partial charge in [0.05, 0.1) is 5.56 Å². The number of rotatable bonds is 7. The molecule has 1 aliphatic rings. The molecule has 5 heteroatoms. The second kappa shape index (κ2) is 9.63. The molecule has 1 aromatic heterocycles. The number of pyridine rings is 1. The van der Waals surface area contributed by atoms with Gasteiger partial charge in [0.1, 0.15) is 18.2 Å². The number of nitrogens with one attached hydrogen (secondary N) is 1. The Kier molecular flexibility index (Phi) is 6.70. The molecule has 5 nitrogen and oxygen atoms in total. The predicted molar refractivity (Wildman–Crippen MR) is 107 cm³/mol. The maximum atomic E-state index is 12.7. The third-order valence-electron chi connectivity index (χ3n) is 4.63. The first-order valence-corrected chi connectivity index (χ1v) is 9.41. The van der Waals surface area contributed by atoms with Crippen molar-refractivity contribution in [1.29, 1.82) is 0 Å². The largest absolute Gasteiger partial charge is 0.481 e. The fraction of sp³-hybridized carbons (Fsp3) is 0.364. The van der Waals surface area contributed by atoms with E-state index in [-0.39, 0.29) is 12.5 Å². The van der Waals surface area contributed by atoms with Crippen LogP contribution in [0.25, 0.3) is 0 Å². The van der Waals surface area contributed by atoms with Crippen LogP contribution in [0.15, 0.2) is 42.6 Å². The van der Waals surface area contributed by atoms with Crippen LogP contribution in [0.4, 0.5) is 5.82 Å². The number of carbonyl (C=O) groups is 1. The minimum atomic E-state index is -0.0716. The minimum Gasteiger partial charge on any atom is -0.481 e. The lowest BCUT2D eigenvalue weighted by atomic mass is 10.1. The molecule has 2 heterocycles. The number of anilines is 1. The van der Waals surface area contributed by atoms with Crippen molar-refractivity contribution >= 4 is 11.7 Å². The lowest BCUT2D eigenvalue weighted by Crippen LogP contribution is -2.34. The van der Waals surface area contributed by atoms with E-state index in [0.29, 0.717) is 12.1 Å². The van der Waals surface area contributed by atoms with Gasteiger partial charge in [-0.25, -0.2) is 4.98 Å². The van der Waals surface area contributed by atoms with Gasteiger partial charge in [-0.15, -0.1) is 6.42 Å². The first-order valence-electron chi connectivity index (χ1n) is 9.41. The number of benzene rings is 1. The number of ether oxygens (including phenoxy) is 1. The van der Waals surface area contributed by atoms with Gasteiger partial charge in [-0.1, -0.05) is 18.1 Å². The van der Waals surface area contributed by atoms with E-state index >= 15 is 0 Å². The number of piperidine rings is 1. The van der Waals surface area contributed by atoms with Crippen LogP contribution >= 0.6 is 0 Å². The number of nitrogens with zero attached hydrogens (tertiary/aromatic N) is 2. The van der Waals surface area contributed by atoms with Gasteiger partial charge < -0.3 is 15.0 Å². The summed E-state index contributed by atoms with van der Waals surface area (Å²) in [5.74, 6) is 3.92. The van der Waals surface area contributed by atoms with Crippen LogP contribution in [0.3, 0.4) is 0 Å². The molecule has 0 spiro atoms. The summed E-state index contributed by atoms with van der Waals surface area (Å²) in [5.41, 5.74) is 1.78. The molecule has 1 N–H and O–H groups in total. The summed E-state index contributed by atoms with van der Waals surface area (Å²) < 4.78 is 5.36. The van der Waals surface area contributed by atoms with E-state index in [1.807, 2.05) is 36.4 Å². The summed E-state index contributed by atoms with van der Waals surface area (Å²) in [6, 6.07) is 11.4. The van der Waals surface area contributed by atoms with Gasteiger partial charge in [0, 0.05) is 25.8 Å². The quantitative estimate of drug-likeness (QED) is 0.768. The lowest BCUT2D eigenvalue weighted by molar-refractivity contribution is 0.0954. The van der Waals surface area contributed by atoms with E-state index in [0.717, 1.165) is 49.5 Å². The first-order chi connectivity index (χ1) is 13.3. The average molecular weight is 363 g/mol. The Morgan fingerprint density at radius 1 is 1.19 bits per heavy atom. The van der Waals surface area contributed by atoms with Crippen LogP contribution in [0.2, 0.25) is 0 Å². The highest BCUT2D eigenvalue weighted by Gasteiger charge is 2.19. The third kappa shape index (κ3) is 5.24. The molecule has 0 unspecified atom stereocenters. The molecule has 0 saturated carbocycles. The molecule has 0 radical (unpaired) electrons. The number of amides is 1. The van der Waals surface area contributed by atoms with Crippen LogP contribution < -0.4 is 15.0 Å². The van der Waals surface area contributed by atoms with Crippen molar-refractivity contribution in [3.8, 4) is 18.1 Å². The van der Waals surface area contributed by atoms with Gasteiger partial charge in [-0.05, 0) is 55.5 Å². The summed E-state index contributed by atoms with van der Waals surface area (Å²) in [4.78, 5) is 19.3. The number of hydrogen-bond acceptors (Lipinski definition) is 4. The maximum Gasteiger partial charge on any atom is 0.255 e. The topological polar surface area (TPSA) is 54.5 Å². The van der Waals surface area contributed by atoms with Crippen LogP contribution in [-0.2, 0) is 6.42 Å². The van der Waals surface area contributed by atoms with Crippen molar-refractivity contribution in [2.75, 3.05) is 31.1 Å². The Morgan fingerprint density at radius 3 is 2.70 bits per heavy atom. The van der Waals surface area contributed by atoms with E-state index in [1.165, 1.54) is 6.42 Å². The van der Waals surface area contributed by atoms with Crippen LogP contribution in [-0.4, -0.2) is 37.1 Å². The molecule has 1 amide bonds. The van der Waals surface area contributed by atoms with Gasteiger partial charge in [0.15, 0.2) is 0 Å². The SMILES string of the molecule is C#CCOc1ccc(CCNC(=O)c2cccnc2N2CCCCC2)cc1. The summed E-state index contributed by atoms with van der Waals surface area (Å²) in [6.07, 6.45) is 11.2. The van der Waals surface area contributed by atoms with Crippen LogP contribution in [0.5, 0.6) is 5.75 Å². The number of hydrogen-bond donors (Lipinski definition) is 1. The monoisotopic (exact) mass is 363 g/mol. The summed E-state index contributed by atoms with van der Waals surface area (Å²) in [5, 5.41) is 3.01. The highest BCUT2D eigenvalue weighted by Crippen LogP contribution is 2.21. The standard InChI is InChI=1S/C22H25N3O2/c1-2-17-27-19-10-8-18(9-11-19)12-14-24-22(26)20-7-6-13-23-21(20)25-15-4-3-5-16-25/h1,6-11,13H,3-5,12,14-17H2,(H,24,26). The van der Waals surface area contributed by atoms with E-state index in [4.69, 9.17) is 11.2 Å². The minimum absolute atomic E-state index is 0.0716. The molecule has 2 aromatic rings. The third-order valence-corrected chi connectivity index (χ3v) is 4.63. The van der Waals surface area contributed by atoms with Crippen molar-refractivity contribution < 1.29 is 9.53 Å². The fourth-order valence-electron chi connectivity index (χ4n) is 3.22. The average Bonchev–Trinajstić information content (AvgIpc) is 2.73. The smallest absolute Gasteiger partial charge is 0.255 e. The zero-order valence-corrected chi connectivity index (χ0v) is 15.5. The van der Waals surface area contributed by atoms with Crippen molar-refractivity contribution in [2.24, 2.45) is 0 Å². The highest BCUT2D eigenvalue weighted by atomic mass is 16.5. The summed E-state index contributed by atoms with van der Waals surface area (Å²) in [6.45, 7) is 2.76. The van der Waals surface area contributed by atoms with Crippen LogP contribution in [0, 0.1) is 12.3 Å². The molecule has 0 aliphatic carbocycles. The lowest BCUT2D eigenvalue weighted by Gasteiger charge is -2.29. The molecule has 27 heavy (non-hydrogen) atoms. The Balaban J connectivity index is 1.54.